The second kappa shape index (κ2) is 6.66. The van der Waals surface area contributed by atoms with Gasteiger partial charge in [0.1, 0.15) is 0 Å². The van der Waals surface area contributed by atoms with Gasteiger partial charge in [0.25, 0.3) is 5.91 Å². The molecule has 2 N–H and O–H groups in total. The summed E-state index contributed by atoms with van der Waals surface area (Å²) in [6.07, 6.45) is 6.72. The molecule has 1 amide bonds. The molecule has 0 aromatic carbocycles. The number of nitrogens with zero attached hydrogens (tertiary/aromatic N) is 1. The van der Waals surface area contributed by atoms with Crippen LogP contribution >= 0.6 is 0 Å². The van der Waals surface area contributed by atoms with Crippen molar-refractivity contribution in [1.29, 1.82) is 0 Å². The van der Waals surface area contributed by atoms with Crippen LogP contribution in [0.1, 0.15) is 43.9 Å². The van der Waals surface area contributed by atoms with Crippen LogP contribution in [0.15, 0.2) is 24.4 Å². The Balaban J connectivity index is 2.12. The molecule has 1 aliphatic carbocycles. The number of aromatic nitrogens is 1. The SMILES string of the molecule is C/C=C(/C(=O)N[C@H]1CCCCC1O)c1ncccc1C. The van der Waals surface area contributed by atoms with Crippen LogP contribution < -0.4 is 5.32 Å². The maximum Gasteiger partial charge on any atom is 0.253 e. The number of pyridine rings is 1. The number of hydrogen-bond acceptors (Lipinski definition) is 3. The maximum atomic E-state index is 12.4. The van der Waals surface area contributed by atoms with Crippen molar-refractivity contribution in [2.45, 2.75) is 51.7 Å². The zero-order valence-electron chi connectivity index (χ0n) is 12.1. The highest BCUT2D eigenvalue weighted by Crippen LogP contribution is 2.21. The third-order valence-corrected chi connectivity index (χ3v) is 3.84. The molecule has 0 saturated heterocycles. The summed E-state index contributed by atoms with van der Waals surface area (Å²) in [5.41, 5.74) is 2.25. The third kappa shape index (κ3) is 3.25. The predicted molar refractivity (Wildman–Crippen MR) is 79.0 cm³/mol. The van der Waals surface area contributed by atoms with Crippen LogP contribution in [0.25, 0.3) is 5.57 Å². The van der Waals surface area contributed by atoms with E-state index >= 15 is 0 Å². The van der Waals surface area contributed by atoms with E-state index in [1.54, 1.807) is 12.3 Å². The molecule has 1 aliphatic rings. The van der Waals surface area contributed by atoms with Crippen LogP contribution in [0.3, 0.4) is 0 Å². The van der Waals surface area contributed by atoms with Crippen molar-refractivity contribution in [3.63, 3.8) is 0 Å². The molecule has 20 heavy (non-hydrogen) atoms. The fourth-order valence-electron chi connectivity index (χ4n) is 2.67. The van der Waals surface area contributed by atoms with E-state index in [1.165, 1.54) is 0 Å². The number of carbonyl (C=O) groups excluding carboxylic acids is 1. The number of rotatable bonds is 3. The van der Waals surface area contributed by atoms with Crippen molar-refractivity contribution in [3.8, 4) is 0 Å². The lowest BCUT2D eigenvalue weighted by Crippen LogP contribution is -2.45. The molecular formula is C16H22N2O2. The zero-order valence-corrected chi connectivity index (χ0v) is 12.1. The van der Waals surface area contributed by atoms with Crippen LogP contribution in [-0.2, 0) is 4.79 Å². The number of carbonyl (C=O) groups is 1. The van der Waals surface area contributed by atoms with E-state index in [0.717, 1.165) is 31.2 Å². The number of nitrogens with one attached hydrogen (secondary N) is 1. The molecule has 1 aromatic heterocycles. The maximum absolute atomic E-state index is 12.4. The highest BCUT2D eigenvalue weighted by Gasteiger charge is 2.26. The summed E-state index contributed by atoms with van der Waals surface area (Å²) in [6, 6.07) is 3.65. The van der Waals surface area contributed by atoms with Crippen molar-refractivity contribution >= 4 is 11.5 Å². The van der Waals surface area contributed by atoms with E-state index < -0.39 is 6.10 Å². The van der Waals surface area contributed by atoms with Crippen molar-refractivity contribution < 1.29 is 9.90 Å². The van der Waals surface area contributed by atoms with Gasteiger partial charge in [-0.25, -0.2) is 0 Å². The highest BCUT2D eigenvalue weighted by molar-refractivity contribution is 6.19. The minimum atomic E-state index is -0.435. The van der Waals surface area contributed by atoms with Crippen molar-refractivity contribution in [2.75, 3.05) is 0 Å². The molecule has 1 heterocycles. The Kier molecular flexibility index (Phi) is 4.90. The minimum Gasteiger partial charge on any atom is -0.391 e. The first kappa shape index (κ1) is 14.7. The van der Waals surface area contributed by atoms with Gasteiger partial charge in [0.15, 0.2) is 0 Å². The summed E-state index contributed by atoms with van der Waals surface area (Å²) in [4.78, 5) is 16.7. The quantitative estimate of drug-likeness (QED) is 0.831. The summed E-state index contributed by atoms with van der Waals surface area (Å²) < 4.78 is 0. The molecule has 0 spiro atoms. The molecule has 1 aromatic rings. The van der Waals surface area contributed by atoms with Gasteiger partial charge in [-0.2, -0.15) is 0 Å². The monoisotopic (exact) mass is 274 g/mol. The molecule has 4 nitrogen and oxygen atoms in total. The Labute approximate surface area is 119 Å². The molecule has 2 rings (SSSR count). The van der Waals surface area contributed by atoms with E-state index in [9.17, 15) is 9.90 Å². The summed E-state index contributed by atoms with van der Waals surface area (Å²) in [6.45, 7) is 3.77. The Bertz CT molecular complexity index is 511. The second-order valence-electron chi connectivity index (χ2n) is 5.30. The van der Waals surface area contributed by atoms with Gasteiger partial charge in [-0.15, -0.1) is 0 Å². The molecule has 108 valence electrons. The van der Waals surface area contributed by atoms with E-state index in [2.05, 4.69) is 10.3 Å². The zero-order chi connectivity index (χ0) is 14.5. The van der Waals surface area contributed by atoms with Crippen LogP contribution in [0.2, 0.25) is 0 Å². The average molecular weight is 274 g/mol. The number of allylic oxidation sites excluding steroid dienone is 1. The Morgan fingerprint density at radius 2 is 2.20 bits per heavy atom. The smallest absolute Gasteiger partial charge is 0.253 e. The van der Waals surface area contributed by atoms with Gasteiger partial charge in [-0.3, -0.25) is 9.78 Å². The lowest BCUT2D eigenvalue weighted by Gasteiger charge is -2.28. The molecule has 4 heteroatoms. The van der Waals surface area contributed by atoms with Crippen LogP contribution in [0.5, 0.6) is 0 Å². The summed E-state index contributed by atoms with van der Waals surface area (Å²) in [7, 11) is 0. The number of hydrogen-bond donors (Lipinski definition) is 2. The van der Waals surface area contributed by atoms with Gasteiger partial charge >= 0.3 is 0 Å². The highest BCUT2D eigenvalue weighted by atomic mass is 16.3. The molecule has 1 saturated carbocycles. The van der Waals surface area contributed by atoms with Gasteiger partial charge < -0.3 is 10.4 Å². The lowest BCUT2D eigenvalue weighted by molar-refractivity contribution is -0.117. The van der Waals surface area contributed by atoms with E-state index in [0.29, 0.717) is 11.3 Å². The minimum absolute atomic E-state index is 0.143. The average Bonchev–Trinajstić information content (AvgIpc) is 2.44. The van der Waals surface area contributed by atoms with Crippen LogP contribution in [-0.4, -0.2) is 28.1 Å². The number of amides is 1. The molecule has 0 bridgehead atoms. The summed E-state index contributed by atoms with van der Waals surface area (Å²) in [5.74, 6) is -0.153. The van der Waals surface area contributed by atoms with Gasteiger partial charge in [0, 0.05) is 6.20 Å². The van der Waals surface area contributed by atoms with Crippen molar-refractivity contribution in [1.82, 2.24) is 10.3 Å². The largest absolute Gasteiger partial charge is 0.391 e. The van der Waals surface area contributed by atoms with Gasteiger partial charge in [-0.05, 0) is 38.3 Å². The first-order chi connectivity index (χ1) is 9.63. The molecule has 1 fully saturated rings. The molecule has 0 radical (unpaired) electrons. The number of aliphatic hydroxyl groups is 1. The van der Waals surface area contributed by atoms with E-state index in [4.69, 9.17) is 0 Å². The van der Waals surface area contributed by atoms with E-state index in [-0.39, 0.29) is 11.9 Å². The molecule has 0 aliphatic heterocycles. The van der Waals surface area contributed by atoms with Gasteiger partial charge in [-0.1, -0.05) is 25.0 Å². The number of aliphatic hydroxyl groups excluding tert-OH is 1. The fourth-order valence-corrected chi connectivity index (χ4v) is 2.67. The molecule has 1 unspecified atom stereocenters. The predicted octanol–water partition coefficient (Wildman–Crippen LogP) is 2.21. The Hall–Kier alpha value is -1.68. The first-order valence-electron chi connectivity index (χ1n) is 7.20. The summed E-state index contributed by atoms with van der Waals surface area (Å²) >= 11 is 0. The number of aryl methyl sites for hydroxylation is 1. The van der Waals surface area contributed by atoms with Gasteiger partial charge in [0.2, 0.25) is 0 Å². The Morgan fingerprint density at radius 1 is 1.45 bits per heavy atom. The standard InChI is InChI=1S/C16H22N2O2/c1-3-12(15-11(2)7-6-10-17-15)16(20)18-13-8-4-5-9-14(13)19/h3,6-7,10,13-14,19H,4-5,8-9H2,1-2H3,(H,18,20)/b12-3+/t13-,14?/m0/s1. The second-order valence-corrected chi connectivity index (χ2v) is 5.30. The normalized spacial score (nSPS) is 23.4. The van der Waals surface area contributed by atoms with E-state index in [1.807, 2.05) is 26.0 Å². The van der Waals surface area contributed by atoms with Gasteiger partial charge in [0.05, 0.1) is 23.4 Å². The fraction of sp³-hybridized carbons (Fsp3) is 0.500. The van der Waals surface area contributed by atoms with Crippen molar-refractivity contribution in [2.24, 2.45) is 0 Å². The van der Waals surface area contributed by atoms with Crippen LogP contribution in [0.4, 0.5) is 0 Å². The molecule has 2 atom stereocenters. The topological polar surface area (TPSA) is 62.2 Å². The Morgan fingerprint density at radius 3 is 2.85 bits per heavy atom. The summed E-state index contributed by atoms with van der Waals surface area (Å²) in [5, 5.41) is 12.9. The molecular weight excluding hydrogens is 252 g/mol. The van der Waals surface area contributed by atoms with Crippen LogP contribution in [0, 0.1) is 6.92 Å². The lowest BCUT2D eigenvalue weighted by atomic mass is 9.92. The third-order valence-electron chi connectivity index (χ3n) is 3.84. The van der Waals surface area contributed by atoms with Crippen molar-refractivity contribution in [3.05, 3.63) is 35.7 Å². The first-order valence-corrected chi connectivity index (χ1v) is 7.20.